The van der Waals surface area contributed by atoms with Crippen LogP contribution in [0.1, 0.15) is 0 Å². The maximum absolute atomic E-state index is 3.31. The second-order valence-electron chi connectivity index (χ2n) is 2.45. The monoisotopic (exact) mass is 354 g/mol. The molecule has 19 heavy (non-hydrogen) atoms. The van der Waals surface area contributed by atoms with Gasteiger partial charge in [-0.2, -0.15) is 0 Å². The molecule has 2 aromatic rings. The minimum atomic E-state index is 0. The fraction of sp³-hybridized carbons (Fsp3) is 0. The molecule has 2 rings (SSSR count). The molecule has 2 aromatic carbocycles. The molecule has 0 aliphatic carbocycles. The summed E-state index contributed by atoms with van der Waals surface area (Å²) in [4.78, 5) is 0. The third-order valence-corrected chi connectivity index (χ3v) is 1.93. The van der Waals surface area contributed by atoms with Gasteiger partial charge in [0, 0.05) is 4.47 Å². The summed E-state index contributed by atoms with van der Waals surface area (Å²) in [6, 6.07) is 22.0. The Kier molecular flexibility index (Phi) is 48.1. The second kappa shape index (κ2) is 25.4. The lowest BCUT2D eigenvalue weighted by molar-refractivity contribution is 1.11. The van der Waals surface area contributed by atoms with E-state index >= 15 is 0 Å². The van der Waals surface area contributed by atoms with Crippen LogP contribution in [0.15, 0.2) is 71.2 Å². The van der Waals surface area contributed by atoms with Crippen LogP contribution in [0.2, 0.25) is 0 Å². The minimum absolute atomic E-state index is 0. The molecule has 0 saturated carbocycles. The topological polar surface area (TPSA) is 0 Å². The van der Waals surface area contributed by atoms with Gasteiger partial charge in [0.15, 0.2) is 0 Å². The van der Waals surface area contributed by atoms with Crippen molar-refractivity contribution in [3.05, 3.63) is 71.2 Å². The summed E-state index contributed by atoms with van der Waals surface area (Å²) in [7, 11) is 0. The summed E-state index contributed by atoms with van der Waals surface area (Å²) in [5.74, 6) is 0. The fourth-order valence-corrected chi connectivity index (χ4v) is 1.10. The van der Waals surface area contributed by atoms with E-state index in [1.165, 1.54) is 0 Å². The molecule has 114 valence electrons. The van der Waals surface area contributed by atoms with E-state index in [1.54, 1.807) is 0 Å². The Morgan fingerprint density at radius 2 is 0.632 bits per heavy atom. The Morgan fingerprint density at radius 3 is 0.789 bits per heavy atom. The zero-order valence-electron chi connectivity index (χ0n) is 9.68. The number of benzene rings is 2. The quantitative estimate of drug-likeness (QED) is 0.580. The van der Waals surface area contributed by atoms with E-state index in [0.717, 1.165) is 4.47 Å². The molecule has 0 atom stereocenters. The molecule has 7 heteroatoms. The predicted octanol–water partition coefficient (Wildman–Crippen LogP) is 5.05. The average molecular weight is 355 g/mol. The summed E-state index contributed by atoms with van der Waals surface area (Å²) in [5, 5.41) is 0. The summed E-state index contributed by atoms with van der Waals surface area (Å²) < 4.78 is 1.13. The highest BCUT2D eigenvalue weighted by Gasteiger charge is 1.74. The molecule has 0 spiro atoms. The summed E-state index contributed by atoms with van der Waals surface area (Å²) in [6.07, 6.45) is 0. The van der Waals surface area contributed by atoms with Gasteiger partial charge >= 0.3 is 0 Å². The molecule has 0 fully saturated rings. The molecule has 0 saturated heterocycles. The highest BCUT2D eigenvalue weighted by molar-refractivity contribution is 9.10. The van der Waals surface area contributed by atoms with E-state index in [1.807, 2.05) is 66.7 Å². The van der Waals surface area contributed by atoms with E-state index in [-0.39, 0.29) is 28.2 Å². The Hall–Kier alpha value is -1.50. The molecular formula is C12H17BrF6. The average Bonchev–Trinajstić information content (AvgIpc) is 2.22. The lowest BCUT2D eigenvalue weighted by Gasteiger charge is -1.80. The van der Waals surface area contributed by atoms with E-state index in [9.17, 15) is 0 Å². The zero-order valence-corrected chi connectivity index (χ0v) is 11.3. The van der Waals surface area contributed by atoms with Crippen LogP contribution in [0.3, 0.4) is 0 Å². The standard InChI is InChI=1S/C6H5Br.C6H6.6FH/c7-6-4-2-1-3-5-6;1-2-4-6-5-3-1;;;;;;/h1-5H;1-6H;6*1H. The predicted molar refractivity (Wildman–Crippen MR) is 75.6 cm³/mol. The van der Waals surface area contributed by atoms with Crippen LogP contribution in [0.5, 0.6) is 0 Å². The van der Waals surface area contributed by atoms with Crippen LogP contribution in [-0.2, 0) is 0 Å². The fourth-order valence-electron chi connectivity index (χ4n) is 0.800. The summed E-state index contributed by atoms with van der Waals surface area (Å²) in [6.45, 7) is 0. The van der Waals surface area contributed by atoms with E-state index in [4.69, 9.17) is 0 Å². The maximum Gasteiger partial charge on any atom is 0.0175 e. The molecule has 0 aromatic heterocycles. The Balaban J connectivity index is -0.0000000340. The van der Waals surface area contributed by atoms with Crippen LogP contribution in [0.4, 0.5) is 28.2 Å². The van der Waals surface area contributed by atoms with Gasteiger partial charge < -0.3 is 0 Å². The first-order valence-corrected chi connectivity index (χ1v) is 4.89. The van der Waals surface area contributed by atoms with Gasteiger partial charge in [0.2, 0.25) is 0 Å². The SMILES string of the molecule is Brc1ccccc1.F.F.F.F.F.F.c1ccccc1. The number of hydrogen-bond acceptors (Lipinski definition) is 0. The van der Waals surface area contributed by atoms with Crippen molar-refractivity contribution in [2.24, 2.45) is 0 Å². The summed E-state index contributed by atoms with van der Waals surface area (Å²) >= 11 is 3.31. The Labute approximate surface area is 116 Å². The minimum Gasteiger partial charge on any atom is -0.269 e. The molecule has 0 nitrogen and oxygen atoms in total. The smallest absolute Gasteiger partial charge is 0.0175 e. The van der Waals surface area contributed by atoms with Crippen molar-refractivity contribution < 1.29 is 28.2 Å². The lowest BCUT2D eigenvalue weighted by Crippen LogP contribution is -1.55. The van der Waals surface area contributed by atoms with Crippen molar-refractivity contribution in [2.45, 2.75) is 0 Å². The third-order valence-electron chi connectivity index (χ3n) is 1.40. The van der Waals surface area contributed by atoms with Gasteiger partial charge in [0.05, 0.1) is 0 Å². The molecule has 0 unspecified atom stereocenters. The van der Waals surface area contributed by atoms with Crippen molar-refractivity contribution in [3.8, 4) is 0 Å². The largest absolute Gasteiger partial charge is 0.269 e. The highest BCUT2D eigenvalue weighted by atomic mass is 79.9. The summed E-state index contributed by atoms with van der Waals surface area (Å²) in [5.41, 5.74) is 0. The van der Waals surface area contributed by atoms with E-state index in [0.29, 0.717) is 0 Å². The normalized spacial score (nSPS) is 5.74. The van der Waals surface area contributed by atoms with Gasteiger partial charge in [-0.05, 0) is 12.1 Å². The van der Waals surface area contributed by atoms with Crippen LogP contribution in [0, 0.1) is 0 Å². The van der Waals surface area contributed by atoms with Gasteiger partial charge in [0.1, 0.15) is 0 Å². The van der Waals surface area contributed by atoms with Gasteiger partial charge in [-0.15, -0.1) is 0 Å². The van der Waals surface area contributed by atoms with Crippen LogP contribution >= 0.6 is 15.9 Å². The zero-order chi connectivity index (χ0) is 9.36. The molecular weight excluding hydrogens is 338 g/mol. The van der Waals surface area contributed by atoms with Gasteiger partial charge in [-0.25, -0.2) is 0 Å². The van der Waals surface area contributed by atoms with Gasteiger partial charge in [-0.3, -0.25) is 28.2 Å². The Bertz CT molecular complexity index is 293. The van der Waals surface area contributed by atoms with Crippen molar-refractivity contribution in [1.82, 2.24) is 0 Å². The molecule has 0 heterocycles. The van der Waals surface area contributed by atoms with Crippen molar-refractivity contribution >= 4 is 15.9 Å². The third kappa shape index (κ3) is 22.2. The first kappa shape index (κ1) is 36.0. The van der Waals surface area contributed by atoms with Crippen molar-refractivity contribution in [2.75, 3.05) is 0 Å². The van der Waals surface area contributed by atoms with Crippen molar-refractivity contribution in [1.29, 1.82) is 0 Å². The van der Waals surface area contributed by atoms with E-state index < -0.39 is 0 Å². The van der Waals surface area contributed by atoms with Crippen molar-refractivity contribution in [3.63, 3.8) is 0 Å². The molecule has 0 radical (unpaired) electrons. The van der Waals surface area contributed by atoms with Gasteiger partial charge in [0.25, 0.3) is 0 Å². The highest BCUT2D eigenvalue weighted by Crippen LogP contribution is 2.05. The molecule has 0 N–H and O–H groups in total. The van der Waals surface area contributed by atoms with Gasteiger partial charge in [-0.1, -0.05) is 70.5 Å². The first-order valence-electron chi connectivity index (χ1n) is 4.10. The van der Waals surface area contributed by atoms with Crippen LogP contribution in [0.25, 0.3) is 0 Å². The van der Waals surface area contributed by atoms with Crippen LogP contribution < -0.4 is 0 Å². The first-order chi connectivity index (χ1) is 6.39. The second-order valence-corrected chi connectivity index (χ2v) is 3.37. The van der Waals surface area contributed by atoms with Crippen LogP contribution in [-0.4, -0.2) is 0 Å². The maximum atomic E-state index is 3.31. The molecule has 0 aliphatic rings. The Morgan fingerprint density at radius 1 is 0.421 bits per heavy atom. The number of rotatable bonds is 0. The number of hydrogen-bond donors (Lipinski definition) is 0. The molecule has 0 amide bonds. The molecule has 0 bridgehead atoms. The number of halogens is 7. The van der Waals surface area contributed by atoms with E-state index in [2.05, 4.69) is 15.9 Å². The molecule has 0 aliphatic heterocycles. The lowest BCUT2D eigenvalue weighted by atomic mass is 10.4.